The van der Waals surface area contributed by atoms with Gasteiger partial charge in [-0.1, -0.05) is 32.9 Å². The van der Waals surface area contributed by atoms with Gasteiger partial charge in [-0.2, -0.15) is 4.98 Å². The lowest BCUT2D eigenvalue weighted by Gasteiger charge is -2.29. The molecule has 1 aromatic carbocycles. The van der Waals surface area contributed by atoms with Gasteiger partial charge in [-0.25, -0.2) is 0 Å². The normalized spacial score (nSPS) is 13.4. The van der Waals surface area contributed by atoms with Gasteiger partial charge in [0.25, 0.3) is 6.01 Å². The molecule has 0 amide bonds. The van der Waals surface area contributed by atoms with E-state index in [0.717, 1.165) is 5.52 Å². The molecule has 2 N–H and O–H groups in total. The summed E-state index contributed by atoms with van der Waals surface area (Å²) in [4.78, 5) is 15.2. The summed E-state index contributed by atoms with van der Waals surface area (Å²) in [5, 5.41) is 12.1. The molecule has 0 saturated heterocycles. The molecule has 2 rings (SSSR count). The van der Waals surface area contributed by atoms with Crippen molar-refractivity contribution in [3.8, 4) is 0 Å². The molecule has 0 aliphatic rings. The fourth-order valence-electron chi connectivity index (χ4n) is 1.83. The van der Waals surface area contributed by atoms with Crippen molar-refractivity contribution in [2.24, 2.45) is 5.41 Å². The van der Waals surface area contributed by atoms with E-state index in [9.17, 15) is 4.79 Å². The third kappa shape index (κ3) is 3.24. The van der Waals surface area contributed by atoms with Crippen LogP contribution in [0.5, 0.6) is 0 Å². The van der Waals surface area contributed by atoms with Gasteiger partial charge in [0, 0.05) is 6.04 Å². The van der Waals surface area contributed by atoms with Gasteiger partial charge in [0.2, 0.25) is 0 Å². The molecular formula is C14H18N2O3. The van der Waals surface area contributed by atoms with Crippen LogP contribution in [0.3, 0.4) is 0 Å². The van der Waals surface area contributed by atoms with E-state index in [-0.39, 0.29) is 17.9 Å². The number of anilines is 1. The molecule has 0 fully saturated rings. The van der Waals surface area contributed by atoms with Gasteiger partial charge in [-0.15, -0.1) is 0 Å². The number of nitrogens with one attached hydrogen (secondary N) is 1. The minimum Gasteiger partial charge on any atom is -0.481 e. The van der Waals surface area contributed by atoms with Crippen LogP contribution in [0.2, 0.25) is 0 Å². The van der Waals surface area contributed by atoms with Gasteiger partial charge in [0.15, 0.2) is 5.58 Å². The maximum atomic E-state index is 10.9. The van der Waals surface area contributed by atoms with E-state index in [4.69, 9.17) is 9.52 Å². The zero-order chi connectivity index (χ0) is 14.0. The van der Waals surface area contributed by atoms with Crippen LogP contribution in [0.15, 0.2) is 28.7 Å². The number of nitrogens with zero attached hydrogens (tertiary/aromatic N) is 1. The van der Waals surface area contributed by atoms with Crippen LogP contribution in [0.25, 0.3) is 11.1 Å². The van der Waals surface area contributed by atoms with Crippen LogP contribution in [0.1, 0.15) is 27.2 Å². The first-order valence-corrected chi connectivity index (χ1v) is 6.20. The Morgan fingerprint density at radius 3 is 2.68 bits per heavy atom. The minimum atomic E-state index is -0.844. The van der Waals surface area contributed by atoms with Crippen molar-refractivity contribution in [3.05, 3.63) is 24.3 Å². The number of fused-ring (bicyclic) bond motifs is 1. The van der Waals surface area contributed by atoms with Gasteiger partial charge >= 0.3 is 5.97 Å². The van der Waals surface area contributed by atoms with E-state index in [0.29, 0.717) is 11.6 Å². The molecule has 0 spiro atoms. The van der Waals surface area contributed by atoms with Crippen LogP contribution in [-0.4, -0.2) is 22.1 Å². The van der Waals surface area contributed by atoms with Crippen LogP contribution < -0.4 is 5.32 Å². The van der Waals surface area contributed by atoms with Crippen LogP contribution >= 0.6 is 0 Å². The summed E-state index contributed by atoms with van der Waals surface area (Å²) >= 11 is 0. The fraction of sp³-hybridized carbons (Fsp3) is 0.429. The Hall–Kier alpha value is -2.04. The number of hydrogen-bond acceptors (Lipinski definition) is 4. The van der Waals surface area contributed by atoms with Crippen molar-refractivity contribution in [1.82, 2.24) is 4.98 Å². The molecule has 0 radical (unpaired) electrons. The van der Waals surface area contributed by atoms with Crippen LogP contribution in [0.4, 0.5) is 6.01 Å². The third-order valence-corrected chi connectivity index (χ3v) is 3.02. The predicted molar refractivity (Wildman–Crippen MR) is 73.1 cm³/mol. The Morgan fingerprint density at radius 1 is 1.42 bits per heavy atom. The average Bonchev–Trinajstić information content (AvgIpc) is 2.68. The lowest BCUT2D eigenvalue weighted by molar-refractivity contribution is -0.137. The Morgan fingerprint density at radius 2 is 2.11 bits per heavy atom. The first kappa shape index (κ1) is 13.4. The van der Waals surface area contributed by atoms with Crippen LogP contribution in [-0.2, 0) is 4.79 Å². The van der Waals surface area contributed by atoms with Gasteiger partial charge in [0.05, 0.1) is 6.42 Å². The van der Waals surface area contributed by atoms with Crippen molar-refractivity contribution < 1.29 is 14.3 Å². The molecule has 102 valence electrons. The van der Waals surface area contributed by atoms with Crippen molar-refractivity contribution in [2.75, 3.05) is 5.32 Å². The molecule has 2 aromatic rings. The Bertz CT molecular complexity index is 551. The topological polar surface area (TPSA) is 75.4 Å². The summed E-state index contributed by atoms with van der Waals surface area (Å²) in [5.74, 6) is -0.844. The Kier molecular flexibility index (Phi) is 3.46. The summed E-state index contributed by atoms with van der Waals surface area (Å²) in [6.45, 7) is 5.95. The quantitative estimate of drug-likeness (QED) is 0.885. The van der Waals surface area contributed by atoms with Crippen molar-refractivity contribution in [1.29, 1.82) is 0 Å². The Labute approximate surface area is 111 Å². The van der Waals surface area contributed by atoms with E-state index in [1.54, 1.807) is 0 Å². The molecule has 0 bridgehead atoms. The number of benzene rings is 1. The third-order valence-electron chi connectivity index (χ3n) is 3.02. The second kappa shape index (κ2) is 4.91. The number of aromatic nitrogens is 1. The smallest absolute Gasteiger partial charge is 0.305 e. The summed E-state index contributed by atoms with van der Waals surface area (Å²) < 4.78 is 5.56. The summed E-state index contributed by atoms with van der Waals surface area (Å²) in [6.07, 6.45) is 0.0161. The second-order valence-electron chi connectivity index (χ2n) is 5.65. The highest BCUT2D eigenvalue weighted by atomic mass is 16.4. The minimum absolute atomic E-state index is 0.0161. The van der Waals surface area contributed by atoms with E-state index in [1.807, 2.05) is 45.0 Å². The standard InChI is InChI=1S/C14H18N2O3/c1-14(2,3)11(8-12(17)18)16-13-15-9-6-4-5-7-10(9)19-13/h4-7,11H,8H2,1-3H3,(H,15,16)(H,17,18). The lowest BCUT2D eigenvalue weighted by Crippen LogP contribution is -2.36. The van der Waals surface area contributed by atoms with Crippen molar-refractivity contribution in [3.63, 3.8) is 0 Å². The first-order chi connectivity index (χ1) is 8.86. The average molecular weight is 262 g/mol. The number of carboxylic acids is 1. The maximum Gasteiger partial charge on any atom is 0.305 e. The first-order valence-electron chi connectivity index (χ1n) is 6.20. The van der Waals surface area contributed by atoms with Gasteiger partial charge in [0.1, 0.15) is 5.52 Å². The molecule has 19 heavy (non-hydrogen) atoms. The molecule has 5 heteroatoms. The maximum absolute atomic E-state index is 10.9. The highest BCUT2D eigenvalue weighted by Crippen LogP contribution is 2.27. The fourth-order valence-corrected chi connectivity index (χ4v) is 1.83. The molecule has 0 aliphatic heterocycles. The molecular weight excluding hydrogens is 244 g/mol. The van der Waals surface area contributed by atoms with Crippen LogP contribution in [0, 0.1) is 5.41 Å². The number of carboxylic acid groups (broad SMARTS) is 1. The highest BCUT2D eigenvalue weighted by Gasteiger charge is 2.28. The second-order valence-corrected chi connectivity index (χ2v) is 5.65. The van der Waals surface area contributed by atoms with E-state index in [1.165, 1.54) is 0 Å². The van der Waals surface area contributed by atoms with E-state index >= 15 is 0 Å². The van der Waals surface area contributed by atoms with E-state index in [2.05, 4.69) is 10.3 Å². The number of carbonyl (C=O) groups is 1. The molecule has 1 aromatic heterocycles. The molecule has 1 unspecified atom stereocenters. The number of oxazole rings is 1. The molecule has 0 aliphatic carbocycles. The molecule has 1 heterocycles. The summed E-state index contributed by atoms with van der Waals surface area (Å²) in [6, 6.07) is 7.55. The highest BCUT2D eigenvalue weighted by molar-refractivity contribution is 5.74. The largest absolute Gasteiger partial charge is 0.481 e. The number of para-hydroxylation sites is 2. The zero-order valence-corrected chi connectivity index (χ0v) is 11.3. The monoisotopic (exact) mass is 262 g/mol. The summed E-state index contributed by atoms with van der Waals surface area (Å²) in [7, 11) is 0. The number of hydrogen-bond donors (Lipinski definition) is 2. The zero-order valence-electron chi connectivity index (χ0n) is 11.3. The molecule has 1 atom stereocenters. The van der Waals surface area contributed by atoms with Gasteiger partial charge in [-0.3, -0.25) is 4.79 Å². The SMILES string of the molecule is CC(C)(C)C(CC(=O)O)Nc1nc2ccccc2o1. The number of rotatable bonds is 4. The number of aliphatic carboxylic acids is 1. The van der Waals surface area contributed by atoms with Gasteiger partial charge in [-0.05, 0) is 17.5 Å². The van der Waals surface area contributed by atoms with E-state index < -0.39 is 5.97 Å². The molecule has 5 nitrogen and oxygen atoms in total. The van der Waals surface area contributed by atoms with Crippen molar-refractivity contribution in [2.45, 2.75) is 33.2 Å². The summed E-state index contributed by atoms with van der Waals surface area (Å²) in [5.41, 5.74) is 1.24. The van der Waals surface area contributed by atoms with Crippen molar-refractivity contribution >= 4 is 23.1 Å². The lowest BCUT2D eigenvalue weighted by atomic mass is 9.85. The molecule has 0 saturated carbocycles. The predicted octanol–water partition coefficient (Wildman–Crippen LogP) is 3.13. The van der Waals surface area contributed by atoms with Gasteiger partial charge < -0.3 is 14.8 Å². The Balaban J connectivity index is 2.23.